The van der Waals surface area contributed by atoms with Gasteiger partial charge >= 0.3 is 0 Å². The van der Waals surface area contributed by atoms with E-state index in [0.29, 0.717) is 44.9 Å². The first-order valence-electron chi connectivity index (χ1n) is 14.0. The Bertz CT molecular complexity index is 1770. The number of β-amino-alcohol motifs (C(OH)–C–C–N with tert-alkyl or cyclic N) is 1. The number of benzene rings is 3. The van der Waals surface area contributed by atoms with E-state index in [0.717, 1.165) is 10.9 Å². The number of nitrogens with one attached hydrogen (secondary N) is 1. The van der Waals surface area contributed by atoms with Gasteiger partial charge in [-0.25, -0.2) is 14.4 Å². The number of hydrogen-bond acceptors (Lipinski definition) is 10. The van der Waals surface area contributed by atoms with E-state index in [9.17, 15) is 24.8 Å². The fourth-order valence-electron chi connectivity index (χ4n) is 5.31. The molecule has 6 rings (SSSR count). The summed E-state index contributed by atoms with van der Waals surface area (Å²) >= 11 is 6.49. The number of aliphatic hydroxyl groups is 4. The molecule has 1 aliphatic heterocycles. The minimum Gasteiger partial charge on any atom is -0.487 e. The Hall–Kier alpha value is -4.10. The lowest BCUT2D eigenvalue weighted by Gasteiger charge is -2.42. The highest BCUT2D eigenvalue weighted by Gasteiger charge is 2.41. The second-order valence-electron chi connectivity index (χ2n) is 10.6. The summed E-state index contributed by atoms with van der Waals surface area (Å²) in [6, 6.07) is 19.9. The third kappa shape index (κ3) is 6.39. The number of furan rings is 1. The van der Waals surface area contributed by atoms with Crippen molar-refractivity contribution in [3.05, 3.63) is 101 Å². The molecule has 1 saturated heterocycles. The number of aliphatic hydroxyl groups excluding tert-OH is 4. The zero-order valence-electron chi connectivity index (χ0n) is 23.3. The molecule has 0 amide bonds. The molecular formula is C32H30ClFN4O6. The zero-order chi connectivity index (χ0) is 30.8. The highest BCUT2D eigenvalue weighted by molar-refractivity contribution is 6.32. The van der Waals surface area contributed by atoms with Gasteiger partial charge in [-0.05, 0) is 66.2 Å². The van der Waals surface area contributed by atoms with E-state index in [-0.39, 0.29) is 32.1 Å². The Kier molecular flexibility index (Phi) is 8.76. The van der Waals surface area contributed by atoms with Gasteiger partial charge in [0.1, 0.15) is 54.0 Å². The number of ether oxygens (including phenoxy) is 1. The van der Waals surface area contributed by atoms with Crippen molar-refractivity contribution in [2.75, 3.05) is 18.5 Å². The first kappa shape index (κ1) is 29.9. The molecule has 0 bridgehead atoms. The molecule has 12 heteroatoms. The lowest BCUT2D eigenvalue weighted by atomic mass is 9.94. The molecule has 5 N–H and O–H groups in total. The standard InChI is InChI=1S/C32H30ClFN4O6/c33-24-12-21(5-8-29(24)43-16-18-2-1-3-20(34)10-18)37-32-23-11-19(4-7-25(23)35-17-36-32)28-9-6-22(44-28)13-38-14-27(40)31(42)30(41)26(38)15-39/h1-12,17,26-27,30-31,39-42H,13-16H2,(H,35,36,37)/t26-,27+,30-,31-/m1/s1. The smallest absolute Gasteiger partial charge is 0.141 e. The van der Waals surface area contributed by atoms with Gasteiger partial charge in [0.2, 0.25) is 0 Å². The van der Waals surface area contributed by atoms with Crippen LogP contribution in [0.3, 0.4) is 0 Å². The van der Waals surface area contributed by atoms with Crippen LogP contribution in [0, 0.1) is 5.82 Å². The molecule has 2 aromatic heterocycles. The first-order valence-corrected chi connectivity index (χ1v) is 14.3. The van der Waals surface area contributed by atoms with Crippen LogP contribution in [-0.4, -0.2) is 72.8 Å². The van der Waals surface area contributed by atoms with Crippen LogP contribution in [0.4, 0.5) is 15.9 Å². The van der Waals surface area contributed by atoms with E-state index < -0.39 is 24.4 Å². The van der Waals surface area contributed by atoms with E-state index >= 15 is 0 Å². The Balaban J connectivity index is 1.18. The van der Waals surface area contributed by atoms with Crippen molar-refractivity contribution in [2.24, 2.45) is 0 Å². The molecule has 0 aliphatic carbocycles. The molecular weight excluding hydrogens is 591 g/mol. The summed E-state index contributed by atoms with van der Waals surface area (Å²) in [6.45, 7) is 0.0875. The van der Waals surface area contributed by atoms with E-state index in [4.69, 9.17) is 20.8 Å². The van der Waals surface area contributed by atoms with Gasteiger partial charge in [0.15, 0.2) is 0 Å². The molecule has 0 radical (unpaired) electrons. The van der Waals surface area contributed by atoms with Crippen LogP contribution in [0.2, 0.25) is 5.02 Å². The number of nitrogens with zero attached hydrogens (tertiary/aromatic N) is 3. The number of hydrogen-bond donors (Lipinski definition) is 5. The fraction of sp³-hybridized carbons (Fsp3) is 0.250. The second kappa shape index (κ2) is 12.9. The zero-order valence-corrected chi connectivity index (χ0v) is 24.1. The van der Waals surface area contributed by atoms with Crippen LogP contribution >= 0.6 is 11.6 Å². The van der Waals surface area contributed by atoms with Crippen molar-refractivity contribution in [1.29, 1.82) is 0 Å². The number of fused-ring (bicyclic) bond motifs is 1. The highest BCUT2D eigenvalue weighted by atomic mass is 35.5. The summed E-state index contributed by atoms with van der Waals surface area (Å²) in [5, 5.41) is 44.6. The van der Waals surface area contributed by atoms with Gasteiger partial charge in [-0.3, -0.25) is 4.90 Å². The normalized spacial score (nSPS) is 20.6. The average molecular weight is 621 g/mol. The maximum Gasteiger partial charge on any atom is 0.141 e. The van der Waals surface area contributed by atoms with Crippen molar-refractivity contribution >= 4 is 34.0 Å². The van der Waals surface area contributed by atoms with Crippen molar-refractivity contribution in [3.63, 3.8) is 0 Å². The molecule has 1 aliphatic rings. The van der Waals surface area contributed by atoms with Crippen LogP contribution in [-0.2, 0) is 13.2 Å². The maximum absolute atomic E-state index is 13.5. The minimum atomic E-state index is -1.33. The predicted molar refractivity (Wildman–Crippen MR) is 162 cm³/mol. The largest absolute Gasteiger partial charge is 0.487 e. The van der Waals surface area contributed by atoms with E-state index in [1.807, 2.05) is 24.3 Å². The molecule has 44 heavy (non-hydrogen) atoms. The number of piperidine rings is 1. The Labute approximate surface area is 257 Å². The number of likely N-dealkylation sites (tertiary alicyclic amines) is 1. The van der Waals surface area contributed by atoms with Gasteiger partial charge in [0.25, 0.3) is 0 Å². The molecule has 0 spiro atoms. The van der Waals surface area contributed by atoms with Crippen molar-refractivity contribution in [1.82, 2.24) is 14.9 Å². The summed E-state index contributed by atoms with van der Waals surface area (Å²) in [5.74, 6) is 1.82. The van der Waals surface area contributed by atoms with Crippen LogP contribution in [0.15, 0.2) is 83.5 Å². The summed E-state index contributed by atoms with van der Waals surface area (Å²) < 4.78 is 25.4. The second-order valence-corrected chi connectivity index (χ2v) is 11.0. The molecule has 0 unspecified atom stereocenters. The van der Waals surface area contributed by atoms with E-state index in [1.54, 1.807) is 41.3 Å². The van der Waals surface area contributed by atoms with Crippen molar-refractivity contribution in [3.8, 4) is 17.1 Å². The van der Waals surface area contributed by atoms with Crippen LogP contribution < -0.4 is 10.1 Å². The maximum atomic E-state index is 13.5. The third-order valence-corrected chi connectivity index (χ3v) is 7.93. The fourth-order valence-corrected chi connectivity index (χ4v) is 5.54. The molecule has 3 aromatic carbocycles. The Morgan fingerprint density at radius 2 is 1.86 bits per heavy atom. The molecule has 3 heterocycles. The van der Waals surface area contributed by atoms with Gasteiger partial charge < -0.3 is 34.9 Å². The number of anilines is 2. The van der Waals surface area contributed by atoms with Gasteiger partial charge in [-0.1, -0.05) is 23.7 Å². The predicted octanol–water partition coefficient (Wildman–Crippen LogP) is 4.26. The molecule has 10 nitrogen and oxygen atoms in total. The lowest BCUT2D eigenvalue weighted by Crippen LogP contribution is -2.62. The summed E-state index contributed by atoms with van der Waals surface area (Å²) in [6.07, 6.45) is -2.30. The van der Waals surface area contributed by atoms with E-state index in [1.165, 1.54) is 18.5 Å². The molecule has 0 saturated carbocycles. The lowest BCUT2D eigenvalue weighted by molar-refractivity contribution is -0.148. The SMILES string of the molecule is OC[C@@H]1[C@@H](O)[C@H](O)[C@@H](O)CN1Cc1ccc(-c2ccc3ncnc(Nc4ccc(OCc5cccc(F)c5)c(Cl)c4)c3c2)o1. The van der Waals surface area contributed by atoms with Crippen LogP contribution in [0.25, 0.3) is 22.2 Å². The monoisotopic (exact) mass is 620 g/mol. The van der Waals surface area contributed by atoms with Crippen LogP contribution in [0.1, 0.15) is 11.3 Å². The first-order chi connectivity index (χ1) is 21.3. The van der Waals surface area contributed by atoms with Gasteiger partial charge in [-0.2, -0.15) is 0 Å². The summed E-state index contributed by atoms with van der Waals surface area (Å²) in [7, 11) is 0. The molecule has 4 atom stereocenters. The topological polar surface area (TPSA) is 144 Å². The van der Waals surface area contributed by atoms with Gasteiger partial charge in [0.05, 0.1) is 35.8 Å². The quantitative estimate of drug-likeness (QED) is 0.162. The van der Waals surface area contributed by atoms with Gasteiger partial charge in [-0.15, -0.1) is 0 Å². The Morgan fingerprint density at radius 3 is 2.66 bits per heavy atom. The summed E-state index contributed by atoms with van der Waals surface area (Å²) in [5.41, 5.74) is 2.84. The third-order valence-electron chi connectivity index (χ3n) is 7.63. The number of aromatic nitrogens is 2. The van der Waals surface area contributed by atoms with Crippen molar-refractivity contribution < 1.29 is 34.0 Å². The number of halogens is 2. The molecule has 228 valence electrons. The van der Waals surface area contributed by atoms with Crippen molar-refractivity contribution in [2.45, 2.75) is 37.5 Å². The Morgan fingerprint density at radius 1 is 1.00 bits per heavy atom. The number of rotatable bonds is 9. The van der Waals surface area contributed by atoms with E-state index in [2.05, 4.69) is 15.3 Å². The molecule has 1 fully saturated rings. The van der Waals surface area contributed by atoms with Gasteiger partial charge in [0, 0.05) is 23.2 Å². The minimum absolute atomic E-state index is 0.0754. The average Bonchev–Trinajstić information content (AvgIpc) is 3.48. The summed E-state index contributed by atoms with van der Waals surface area (Å²) in [4.78, 5) is 10.5. The highest BCUT2D eigenvalue weighted by Crippen LogP contribution is 2.33. The molecule has 5 aromatic rings. The van der Waals surface area contributed by atoms with Crippen LogP contribution in [0.5, 0.6) is 5.75 Å².